The van der Waals surface area contributed by atoms with Crippen molar-refractivity contribution in [2.24, 2.45) is 0 Å². The molecule has 1 nitrogen and oxygen atoms in total. The van der Waals surface area contributed by atoms with E-state index in [1.165, 1.54) is 0 Å². The highest BCUT2D eigenvalue weighted by Gasteiger charge is 2.14. The van der Waals surface area contributed by atoms with Crippen molar-refractivity contribution in [2.75, 3.05) is 7.11 Å². The Morgan fingerprint density at radius 1 is 1.07 bits per heavy atom. The van der Waals surface area contributed by atoms with Gasteiger partial charge in [0.25, 0.3) is 0 Å². The molecule has 2 aromatic rings. The van der Waals surface area contributed by atoms with Gasteiger partial charge in [-0.1, -0.05) is 53.5 Å². The first-order chi connectivity index (χ1) is 7.24. The summed E-state index contributed by atoms with van der Waals surface area (Å²) in [6.07, 6.45) is 0. The van der Waals surface area contributed by atoms with E-state index in [0.717, 1.165) is 22.1 Å². The standard InChI is InChI=1S/C12H10Cl2O/c1-15-10-7-6-8-4-2-3-5-9(8)11(10)12(13)14/h2-7,12H,1H3. The van der Waals surface area contributed by atoms with Crippen molar-refractivity contribution in [3.8, 4) is 5.75 Å². The van der Waals surface area contributed by atoms with Gasteiger partial charge in [-0.05, 0) is 16.8 Å². The van der Waals surface area contributed by atoms with Crippen LogP contribution in [0, 0.1) is 0 Å². The Labute approximate surface area is 98.6 Å². The van der Waals surface area contributed by atoms with Gasteiger partial charge in [0, 0.05) is 5.56 Å². The lowest BCUT2D eigenvalue weighted by Crippen LogP contribution is -1.92. The van der Waals surface area contributed by atoms with Gasteiger partial charge in [0.1, 0.15) is 10.6 Å². The van der Waals surface area contributed by atoms with Crippen molar-refractivity contribution in [1.82, 2.24) is 0 Å². The fourth-order valence-electron chi connectivity index (χ4n) is 1.68. The second-order valence-corrected chi connectivity index (χ2v) is 4.30. The van der Waals surface area contributed by atoms with Crippen molar-refractivity contribution in [1.29, 1.82) is 0 Å². The molecule has 0 saturated carbocycles. The maximum atomic E-state index is 5.95. The van der Waals surface area contributed by atoms with Gasteiger partial charge in [0.05, 0.1) is 7.11 Å². The molecule has 0 aliphatic rings. The molecule has 3 heteroatoms. The number of hydrogen-bond donors (Lipinski definition) is 0. The van der Waals surface area contributed by atoms with Crippen LogP contribution in [0.3, 0.4) is 0 Å². The van der Waals surface area contributed by atoms with E-state index >= 15 is 0 Å². The second-order valence-electron chi connectivity index (χ2n) is 3.20. The lowest BCUT2D eigenvalue weighted by atomic mass is 10.0. The molecule has 2 aromatic carbocycles. The van der Waals surface area contributed by atoms with Crippen LogP contribution in [0.25, 0.3) is 10.8 Å². The van der Waals surface area contributed by atoms with Crippen molar-refractivity contribution in [3.63, 3.8) is 0 Å². The third-order valence-corrected chi connectivity index (χ3v) is 2.81. The Kier molecular flexibility index (Phi) is 3.03. The third kappa shape index (κ3) is 1.90. The van der Waals surface area contributed by atoms with Crippen LogP contribution in [-0.4, -0.2) is 7.11 Å². The number of methoxy groups -OCH3 is 1. The van der Waals surface area contributed by atoms with Crippen LogP contribution in [0.1, 0.15) is 10.4 Å². The summed E-state index contributed by atoms with van der Waals surface area (Å²) >= 11 is 11.9. The average molecular weight is 241 g/mol. The number of rotatable bonds is 2. The largest absolute Gasteiger partial charge is 0.496 e. The minimum absolute atomic E-state index is 0.578. The van der Waals surface area contributed by atoms with E-state index in [9.17, 15) is 0 Å². The van der Waals surface area contributed by atoms with Gasteiger partial charge in [-0.3, -0.25) is 0 Å². The summed E-state index contributed by atoms with van der Waals surface area (Å²) < 4.78 is 5.25. The Morgan fingerprint density at radius 3 is 2.47 bits per heavy atom. The molecule has 0 aliphatic heterocycles. The molecule has 15 heavy (non-hydrogen) atoms. The SMILES string of the molecule is COc1ccc2ccccc2c1C(Cl)Cl. The molecule has 0 aliphatic carbocycles. The summed E-state index contributed by atoms with van der Waals surface area (Å²) in [7, 11) is 1.61. The van der Waals surface area contributed by atoms with E-state index in [1.807, 2.05) is 36.4 Å². The molecule has 0 atom stereocenters. The Hall–Kier alpha value is -0.920. The molecular weight excluding hydrogens is 231 g/mol. The first kappa shape index (κ1) is 10.6. The summed E-state index contributed by atoms with van der Waals surface area (Å²) in [5.74, 6) is 0.726. The van der Waals surface area contributed by atoms with Crippen LogP contribution in [-0.2, 0) is 0 Å². The lowest BCUT2D eigenvalue weighted by molar-refractivity contribution is 0.412. The van der Waals surface area contributed by atoms with E-state index in [0.29, 0.717) is 0 Å². The zero-order chi connectivity index (χ0) is 10.8. The molecule has 0 aromatic heterocycles. The molecule has 0 N–H and O–H groups in total. The quantitative estimate of drug-likeness (QED) is 0.711. The van der Waals surface area contributed by atoms with E-state index in [-0.39, 0.29) is 0 Å². The highest BCUT2D eigenvalue weighted by atomic mass is 35.5. The van der Waals surface area contributed by atoms with E-state index in [1.54, 1.807) is 7.11 Å². The fraction of sp³-hybridized carbons (Fsp3) is 0.167. The van der Waals surface area contributed by atoms with Gasteiger partial charge >= 0.3 is 0 Å². The molecule has 0 fully saturated rings. The molecule has 0 heterocycles. The number of hydrogen-bond acceptors (Lipinski definition) is 1. The molecule has 0 radical (unpaired) electrons. The predicted molar refractivity (Wildman–Crippen MR) is 64.9 cm³/mol. The van der Waals surface area contributed by atoms with Gasteiger partial charge in [0.15, 0.2) is 0 Å². The fourth-order valence-corrected chi connectivity index (χ4v) is 2.13. The van der Waals surface area contributed by atoms with Crippen molar-refractivity contribution in [3.05, 3.63) is 42.0 Å². The Morgan fingerprint density at radius 2 is 1.80 bits per heavy atom. The normalized spacial score (nSPS) is 10.9. The van der Waals surface area contributed by atoms with E-state index in [2.05, 4.69) is 0 Å². The highest BCUT2D eigenvalue weighted by molar-refractivity contribution is 6.44. The number of ether oxygens (including phenoxy) is 1. The molecule has 0 spiro atoms. The molecule has 0 bridgehead atoms. The maximum Gasteiger partial charge on any atom is 0.136 e. The molecule has 2 rings (SSSR count). The minimum Gasteiger partial charge on any atom is -0.496 e. The number of fused-ring (bicyclic) bond motifs is 1. The Bertz CT molecular complexity index is 480. The molecular formula is C12H10Cl2O. The summed E-state index contributed by atoms with van der Waals surface area (Å²) in [4.78, 5) is -0.578. The van der Waals surface area contributed by atoms with Gasteiger partial charge in [0.2, 0.25) is 0 Å². The van der Waals surface area contributed by atoms with Crippen LogP contribution >= 0.6 is 23.2 Å². The van der Waals surface area contributed by atoms with Crippen LogP contribution in [0.15, 0.2) is 36.4 Å². The smallest absolute Gasteiger partial charge is 0.136 e. The lowest BCUT2D eigenvalue weighted by Gasteiger charge is -2.12. The topological polar surface area (TPSA) is 9.23 Å². The van der Waals surface area contributed by atoms with Gasteiger partial charge < -0.3 is 4.74 Å². The number of benzene rings is 2. The zero-order valence-electron chi connectivity index (χ0n) is 8.21. The van der Waals surface area contributed by atoms with Gasteiger partial charge in [-0.15, -0.1) is 0 Å². The van der Waals surface area contributed by atoms with E-state index in [4.69, 9.17) is 27.9 Å². The van der Waals surface area contributed by atoms with Crippen LogP contribution < -0.4 is 4.74 Å². The van der Waals surface area contributed by atoms with Crippen LogP contribution in [0.2, 0.25) is 0 Å². The first-order valence-electron chi connectivity index (χ1n) is 4.58. The van der Waals surface area contributed by atoms with Crippen LogP contribution in [0.4, 0.5) is 0 Å². The molecule has 0 saturated heterocycles. The molecule has 0 amide bonds. The molecule has 78 valence electrons. The van der Waals surface area contributed by atoms with Crippen molar-refractivity contribution in [2.45, 2.75) is 4.84 Å². The summed E-state index contributed by atoms with van der Waals surface area (Å²) in [5.41, 5.74) is 0.832. The summed E-state index contributed by atoms with van der Waals surface area (Å²) in [5, 5.41) is 2.14. The highest BCUT2D eigenvalue weighted by Crippen LogP contribution is 2.38. The monoisotopic (exact) mass is 240 g/mol. The maximum absolute atomic E-state index is 5.95. The van der Waals surface area contributed by atoms with Crippen molar-refractivity contribution >= 4 is 34.0 Å². The zero-order valence-corrected chi connectivity index (χ0v) is 9.72. The number of halogens is 2. The second kappa shape index (κ2) is 4.30. The number of alkyl halides is 2. The molecule has 0 unspecified atom stereocenters. The minimum atomic E-state index is -0.578. The summed E-state index contributed by atoms with van der Waals surface area (Å²) in [6.45, 7) is 0. The average Bonchev–Trinajstić information content (AvgIpc) is 2.27. The van der Waals surface area contributed by atoms with Crippen molar-refractivity contribution < 1.29 is 4.74 Å². The van der Waals surface area contributed by atoms with E-state index < -0.39 is 4.84 Å². The summed E-state index contributed by atoms with van der Waals surface area (Å²) in [6, 6.07) is 11.8. The predicted octanol–water partition coefficient (Wildman–Crippen LogP) is 4.32. The van der Waals surface area contributed by atoms with Crippen LogP contribution in [0.5, 0.6) is 5.75 Å². The first-order valence-corrected chi connectivity index (χ1v) is 5.45. The third-order valence-electron chi connectivity index (χ3n) is 2.37. The Balaban J connectivity index is 2.79. The van der Waals surface area contributed by atoms with Gasteiger partial charge in [-0.25, -0.2) is 0 Å². The van der Waals surface area contributed by atoms with Gasteiger partial charge in [-0.2, -0.15) is 0 Å².